The average molecular weight is 535 g/mol. The summed E-state index contributed by atoms with van der Waals surface area (Å²) >= 11 is 0. The van der Waals surface area contributed by atoms with E-state index < -0.39 is 0 Å². The van der Waals surface area contributed by atoms with E-state index in [0.717, 1.165) is 57.1 Å². The number of nitrogens with one attached hydrogen (secondary N) is 3. The van der Waals surface area contributed by atoms with Crippen LogP contribution in [0.2, 0.25) is 0 Å². The van der Waals surface area contributed by atoms with Gasteiger partial charge < -0.3 is 15.0 Å². The maximum atomic E-state index is 14.3. The molecule has 40 heavy (non-hydrogen) atoms. The van der Waals surface area contributed by atoms with Gasteiger partial charge in [-0.1, -0.05) is 25.5 Å². The molecule has 0 aliphatic heterocycles. The van der Waals surface area contributed by atoms with E-state index >= 15 is 0 Å². The molecule has 200 valence electrons. The number of amides is 1. The standard InChI is InChI=1S/C31H27FN6O2/c1-3-4-8-29(39)35-22-10-19(15-33-17-22)20-12-26-30(37-38-31(26)34-16-20)28-14-25-24(6-5-7-27(25)36-28)18-9-21(32)13-23(11-18)40-2/h5-7,9-17,36H,3-4,8H2,1-2H3,(H,35,39)(H,34,37,38). The minimum Gasteiger partial charge on any atom is -0.497 e. The van der Waals surface area contributed by atoms with Gasteiger partial charge in [0, 0.05) is 52.3 Å². The van der Waals surface area contributed by atoms with E-state index in [-0.39, 0.29) is 11.7 Å². The van der Waals surface area contributed by atoms with E-state index in [1.54, 1.807) is 18.6 Å². The molecule has 0 unspecified atom stereocenters. The number of carbonyl (C=O) groups is 1. The Kier molecular flexibility index (Phi) is 6.69. The molecule has 8 nitrogen and oxygen atoms in total. The predicted molar refractivity (Wildman–Crippen MR) is 155 cm³/mol. The quantitative estimate of drug-likeness (QED) is 0.193. The van der Waals surface area contributed by atoms with Crippen molar-refractivity contribution >= 4 is 33.5 Å². The molecule has 0 spiro atoms. The van der Waals surface area contributed by atoms with E-state index in [2.05, 4.69) is 37.4 Å². The van der Waals surface area contributed by atoms with Crippen LogP contribution in [0.4, 0.5) is 10.1 Å². The smallest absolute Gasteiger partial charge is 0.224 e. The SMILES string of the molecule is CCCCC(=O)Nc1cncc(-c2cnc3[nH]nc(-c4cc5c(-c6cc(F)cc(OC)c6)cccc5[nH]4)c3c2)c1. The molecule has 0 aliphatic carbocycles. The molecule has 9 heteroatoms. The van der Waals surface area contributed by atoms with Gasteiger partial charge in [0.25, 0.3) is 0 Å². The van der Waals surface area contributed by atoms with Crippen molar-refractivity contribution in [1.82, 2.24) is 25.1 Å². The van der Waals surface area contributed by atoms with Crippen molar-refractivity contribution < 1.29 is 13.9 Å². The fraction of sp³-hybridized carbons (Fsp3) is 0.161. The molecule has 0 fully saturated rings. The summed E-state index contributed by atoms with van der Waals surface area (Å²) in [5.74, 6) is 0.0678. The lowest BCUT2D eigenvalue weighted by Crippen LogP contribution is -2.11. The number of aromatic nitrogens is 5. The molecule has 0 bridgehead atoms. The Morgan fingerprint density at radius 3 is 2.73 bits per heavy atom. The topological polar surface area (TPSA) is 109 Å². The number of carbonyl (C=O) groups excluding carboxylic acids is 1. The van der Waals surface area contributed by atoms with Crippen molar-refractivity contribution in [2.75, 3.05) is 12.4 Å². The molecule has 0 atom stereocenters. The number of nitrogens with zero attached hydrogens (tertiary/aromatic N) is 3. The van der Waals surface area contributed by atoms with E-state index in [1.807, 2.05) is 42.5 Å². The van der Waals surface area contributed by atoms with Gasteiger partial charge in [-0.05, 0) is 53.9 Å². The zero-order valence-electron chi connectivity index (χ0n) is 22.1. The van der Waals surface area contributed by atoms with Crippen LogP contribution in [0.1, 0.15) is 26.2 Å². The normalized spacial score (nSPS) is 11.3. The maximum absolute atomic E-state index is 14.3. The lowest BCUT2D eigenvalue weighted by atomic mass is 10.0. The minimum atomic E-state index is -0.363. The fourth-order valence-corrected chi connectivity index (χ4v) is 4.86. The molecule has 6 rings (SSSR count). The van der Waals surface area contributed by atoms with Crippen LogP contribution >= 0.6 is 0 Å². The summed E-state index contributed by atoms with van der Waals surface area (Å²) in [5, 5.41) is 12.3. The van der Waals surface area contributed by atoms with Gasteiger partial charge in [-0.3, -0.25) is 14.9 Å². The van der Waals surface area contributed by atoms with Gasteiger partial charge in [-0.2, -0.15) is 5.10 Å². The molecule has 0 saturated carbocycles. The molecule has 4 aromatic heterocycles. The number of aromatic amines is 2. The van der Waals surface area contributed by atoms with Gasteiger partial charge in [0.05, 0.1) is 24.7 Å². The lowest BCUT2D eigenvalue weighted by Gasteiger charge is -2.07. The number of anilines is 1. The maximum Gasteiger partial charge on any atom is 0.224 e. The number of ether oxygens (including phenoxy) is 1. The zero-order chi connectivity index (χ0) is 27.6. The molecule has 0 saturated heterocycles. The Bertz CT molecular complexity index is 1860. The molecular weight excluding hydrogens is 507 g/mol. The van der Waals surface area contributed by atoms with Crippen LogP contribution in [0.3, 0.4) is 0 Å². The van der Waals surface area contributed by atoms with Gasteiger partial charge in [0.1, 0.15) is 17.3 Å². The number of H-pyrrole nitrogens is 2. The number of halogens is 1. The van der Waals surface area contributed by atoms with Crippen LogP contribution < -0.4 is 10.1 Å². The monoisotopic (exact) mass is 534 g/mol. The second-order valence-corrected chi connectivity index (χ2v) is 9.64. The second-order valence-electron chi connectivity index (χ2n) is 9.64. The molecular formula is C31H27FN6O2. The van der Waals surface area contributed by atoms with Gasteiger partial charge >= 0.3 is 0 Å². The Hall–Kier alpha value is -5.05. The number of pyridine rings is 2. The number of methoxy groups -OCH3 is 1. The van der Waals surface area contributed by atoms with Crippen LogP contribution in [-0.4, -0.2) is 38.2 Å². The van der Waals surface area contributed by atoms with Crippen molar-refractivity contribution in [1.29, 1.82) is 0 Å². The van der Waals surface area contributed by atoms with Crippen molar-refractivity contribution in [2.24, 2.45) is 0 Å². The highest BCUT2D eigenvalue weighted by atomic mass is 19.1. The van der Waals surface area contributed by atoms with Gasteiger partial charge in [0.15, 0.2) is 5.65 Å². The molecule has 2 aromatic carbocycles. The van der Waals surface area contributed by atoms with Gasteiger partial charge in [0.2, 0.25) is 5.91 Å². The molecule has 6 aromatic rings. The summed E-state index contributed by atoms with van der Waals surface area (Å²) in [6.45, 7) is 2.05. The molecule has 3 N–H and O–H groups in total. The first kappa shape index (κ1) is 25.2. The highest BCUT2D eigenvalue weighted by molar-refractivity contribution is 6.01. The highest BCUT2D eigenvalue weighted by Gasteiger charge is 2.16. The molecule has 0 aliphatic rings. The summed E-state index contributed by atoms with van der Waals surface area (Å²) in [6, 6.07) is 16.4. The Balaban J connectivity index is 1.38. The Morgan fingerprint density at radius 2 is 1.88 bits per heavy atom. The third-order valence-electron chi connectivity index (χ3n) is 6.87. The van der Waals surface area contributed by atoms with Crippen LogP contribution in [0, 0.1) is 5.82 Å². The lowest BCUT2D eigenvalue weighted by molar-refractivity contribution is -0.116. The summed E-state index contributed by atoms with van der Waals surface area (Å²) in [7, 11) is 1.52. The van der Waals surface area contributed by atoms with Crippen LogP contribution in [-0.2, 0) is 4.79 Å². The van der Waals surface area contributed by atoms with E-state index in [0.29, 0.717) is 29.2 Å². The van der Waals surface area contributed by atoms with E-state index in [4.69, 9.17) is 4.74 Å². The van der Waals surface area contributed by atoms with Gasteiger partial charge in [-0.25, -0.2) is 9.37 Å². The number of hydrogen-bond donors (Lipinski definition) is 3. The highest BCUT2D eigenvalue weighted by Crippen LogP contribution is 2.36. The number of benzene rings is 2. The Morgan fingerprint density at radius 1 is 1.00 bits per heavy atom. The van der Waals surface area contributed by atoms with Crippen molar-refractivity contribution in [2.45, 2.75) is 26.2 Å². The van der Waals surface area contributed by atoms with E-state index in [1.165, 1.54) is 19.2 Å². The predicted octanol–water partition coefficient (Wildman–Crippen LogP) is 7.11. The summed E-state index contributed by atoms with van der Waals surface area (Å²) in [4.78, 5) is 24.6. The average Bonchev–Trinajstić information content (AvgIpc) is 3.59. The van der Waals surface area contributed by atoms with Crippen LogP contribution in [0.5, 0.6) is 5.75 Å². The fourth-order valence-electron chi connectivity index (χ4n) is 4.86. The summed E-state index contributed by atoms with van der Waals surface area (Å²) in [6.07, 6.45) is 7.41. The second kappa shape index (κ2) is 10.6. The Labute approximate surface area is 229 Å². The first-order valence-corrected chi connectivity index (χ1v) is 13.1. The van der Waals surface area contributed by atoms with Crippen LogP contribution in [0.15, 0.2) is 73.2 Å². The summed E-state index contributed by atoms with van der Waals surface area (Å²) in [5.41, 5.74) is 6.95. The van der Waals surface area contributed by atoms with Crippen molar-refractivity contribution in [3.05, 3.63) is 79.0 Å². The largest absolute Gasteiger partial charge is 0.497 e. The first-order valence-electron chi connectivity index (χ1n) is 13.1. The number of unbranched alkanes of at least 4 members (excludes halogenated alkanes) is 1. The zero-order valence-corrected chi connectivity index (χ0v) is 22.1. The minimum absolute atomic E-state index is 0.0265. The number of rotatable bonds is 8. The number of hydrogen-bond acceptors (Lipinski definition) is 5. The van der Waals surface area contributed by atoms with Crippen molar-refractivity contribution in [3.8, 4) is 39.4 Å². The first-order chi connectivity index (χ1) is 19.5. The van der Waals surface area contributed by atoms with Gasteiger partial charge in [-0.15, -0.1) is 0 Å². The number of fused-ring (bicyclic) bond motifs is 2. The van der Waals surface area contributed by atoms with Crippen molar-refractivity contribution in [3.63, 3.8) is 0 Å². The summed E-state index contributed by atoms with van der Waals surface area (Å²) < 4.78 is 19.6. The van der Waals surface area contributed by atoms with Crippen LogP contribution in [0.25, 0.3) is 55.6 Å². The molecule has 4 heterocycles. The third-order valence-corrected chi connectivity index (χ3v) is 6.87. The molecule has 0 radical (unpaired) electrons. The molecule has 1 amide bonds. The third kappa shape index (κ3) is 4.89. The van der Waals surface area contributed by atoms with E-state index in [9.17, 15) is 9.18 Å².